The quantitative estimate of drug-likeness (QED) is 0.684. The first-order valence-corrected chi connectivity index (χ1v) is 7.94. The zero-order chi connectivity index (χ0) is 17.1. The van der Waals surface area contributed by atoms with Gasteiger partial charge in [0.05, 0.1) is 16.6 Å². The molecule has 124 valence electrons. The molecule has 1 heterocycles. The smallest absolute Gasteiger partial charge is 0.204 e. The Hall–Kier alpha value is -2.19. The van der Waals surface area contributed by atoms with E-state index >= 15 is 0 Å². The zero-order valence-corrected chi connectivity index (χ0v) is 14.7. The maximum Gasteiger partial charge on any atom is 0.204 e. The molecule has 0 bridgehead atoms. The summed E-state index contributed by atoms with van der Waals surface area (Å²) in [6.45, 7) is -0.0397. The van der Waals surface area contributed by atoms with Gasteiger partial charge in [0, 0.05) is 11.1 Å². The lowest BCUT2D eigenvalue weighted by molar-refractivity contribution is 0.278. The van der Waals surface area contributed by atoms with Crippen LogP contribution in [0.15, 0.2) is 34.8 Å². The van der Waals surface area contributed by atoms with Gasteiger partial charge in [-0.2, -0.15) is 5.21 Å². The number of aromatic amines is 1. The van der Waals surface area contributed by atoms with Crippen molar-refractivity contribution in [1.82, 2.24) is 20.6 Å². The molecule has 2 aromatic carbocycles. The SMILES string of the molecule is COc1cc(-c2nn[nH]n2)cc(Br)c1OCc1c(F)cccc1Cl. The highest BCUT2D eigenvalue weighted by atomic mass is 79.9. The van der Waals surface area contributed by atoms with Gasteiger partial charge in [0.15, 0.2) is 11.5 Å². The van der Waals surface area contributed by atoms with E-state index in [1.807, 2.05) is 0 Å². The van der Waals surface area contributed by atoms with Gasteiger partial charge in [-0.15, -0.1) is 10.2 Å². The van der Waals surface area contributed by atoms with Crippen molar-refractivity contribution in [3.8, 4) is 22.9 Å². The number of rotatable bonds is 5. The lowest BCUT2D eigenvalue weighted by Crippen LogP contribution is -2.02. The van der Waals surface area contributed by atoms with Crippen molar-refractivity contribution in [2.45, 2.75) is 6.61 Å². The molecule has 0 atom stereocenters. The second-order valence-corrected chi connectivity index (χ2v) is 5.98. The lowest BCUT2D eigenvalue weighted by atomic mass is 10.2. The topological polar surface area (TPSA) is 72.9 Å². The molecule has 0 spiro atoms. The van der Waals surface area contributed by atoms with E-state index in [-0.39, 0.29) is 12.2 Å². The van der Waals surface area contributed by atoms with Gasteiger partial charge in [0.2, 0.25) is 5.82 Å². The maximum absolute atomic E-state index is 13.9. The van der Waals surface area contributed by atoms with Crippen molar-refractivity contribution in [3.05, 3.63) is 51.2 Å². The van der Waals surface area contributed by atoms with Crippen LogP contribution in [0.2, 0.25) is 5.02 Å². The van der Waals surface area contributed by atoms with Crippen molar-refractivity contribution >= 4 is 27.5 Å². The molecule has 1 aromatic heterocycles. The second kappa shape index (κ2) is 7.14. The van der Waals surface area contributed by atoms with E-state index < -0.39 is 5.82 Å². The molecule has 0 aliphatic rings. The van der Waals surface area contributed by atoms with Gasteiger partial charge in [-0.1, -0.05) is 17.7 Å². The fourth-order valence-electron chi connectivity index (χ4n) is 2.09. The molecule has 24 heavy (non-hydrogen) atoms. The average Bonchev–Trinajstić information content (AvgIpc) is 3.09. The summed E-state index contributed by atoms with van der Waals surface area (Å²) >= 11 is 9.43. The summed E-state index contributed by atoms with van der Waals surface area (Å²) < 4.78 is 25.5. The molecule has 0 aliphatic carbocycles. The van der Waals surface area contributed by atoms with E-state index in [4.69, 9.17) is 21.1 Å². The monoisotopic (exact) mass is 412 g/mol. The number of methoxy groups -OCH3 is 1. The molecule has 6 nitrogen and oxygen atoms in total. The van der Waals surface area contributed by atoms with Gasteiger partial charge in [0.25, 0.3) is 0 Å². The third-order valence-corrected chi connectivity index (χ3v) is 4.20. The molecule has 9 heteroatoms. The molecule has 3 aromatic rings. The van der Waals surface area contributed by atoms with Crippen molar-refractivity contribution < 1.29 is 13.9 Å². The van der Waals surface area contributed by atoms with Gasteiger partial charge in [-0.25, -0.2) is 4.39 Å². The van der Waals surface area contributed by atoms with Crippen LogP contribution >= 0.6 is 27.5 Å². The van der Waals surface area contributed by atoms with Crippen molar-refractivity contribution in [2.75, 3.05) is 7.11 Å². The Morgan fingerprint density at radius 3 is 2.83 bits per heavy atom. The number of hydrogen-bond donors (Lipinski definition) is 1. The molecule has 0 aliphatic heterocycles. The predicted molar refractivity (Wildman–Crippen MR) is 89.6 cm³/mol. The summed E-state index contributed by atoms with van der Waals surface area (Å²) in [5, 5.41) is 14.0. The molecule has 0 fully saturated rings. The Morgan fingerprint density at radius 1 is 1.33 bits per heavy atom. The number of ether oxygens (including phenoxy) is 2. The van der Waals surface area contributed by atoms with Crippen LogP contribution in [0.25, 0.3) is 11.4 Å². The molecular weight excluding hydrogens is 403 g/mol. The number of nitrogens with one attached hydrogen (secondary N) is 1. The van der Waals surface area contributed by atoms with Crippen LogP contribution in [-0.2, 0) is 6.61 Å². The summed E-state index contributed by atoms with van der Waals surface area (Å²) in [5.41, 5.74) is 0.958. The van der Waals surface area contributed by atoms with Crippen molar-refractivity contribution in [3.63, 3.8) is 0 Å². The second-order valence-electron chi connectivity index (χ2n) is 4.71. The Balaban J connectivity index is 1.91. The van der Waals surface area contributed by atoms with Crippen LogP contribution in [0.5, 0.6) is 11.5 Å². The summed E-state index contributed by atoms with van der Waals surface area (Å²) in [6.07, 6.45) is 0. The standard InChI is InChI=1S/C15H11BrClFN4O2/c1-23-13-6-8(15-19-21-22-20-15)5-10(16)14(13)24-7-9-11(17)3-2-4-12(9)18/h2-6H,7H2,1H3,(H,19,20,21,22). The number of tetrazole rings is 1. The van der Waals surface area contributed by atoms with E-state index in [1.165, 1.54) is 19.2 Å². The van der Waals surface area contributed by atoms with E-state index in [0.717, 1.165) is 0 Å². The van der Waals surface area contributed by atoms with Crippen LogP contribution in [0, 0.1) is 5.82 Å². The number of benzene rings is 2. The van der Waals surface area contributed by atoms with Gasteiger partial charge in [-0.05, 0) is 45.4 Å². The maximum atomic E-state index is 13.9. The van der Waals surface area contributed by atoms with Crippen LogP contribution < -0.4 is 9.47 Å². The van der Waals surface area contributed by atoms with Gasteiger partial charge >= 0.3 is 0 Å². The van der Waals surface area contributed by atoms with Crippen molar-refractivity contribution in [2.24, 2.45) is 0 Å². The minimum atomic E-state index is -0.430. The van der Waals surface area contributed by atoms with Gasteiger partial charge in [0.1, 0.15) is 12.4 Å². The molecular formula is C15H11BrClFN4O2. The number of aromatic nitrogens is 4. The minimum absolute atomic E-state index is 0.0397. The van der Waals surface area contributed by atoms with Gasteiger partial charge in [-0.3, -0.25) is 0 Å². The summed E-state index contributed by atoms with van der Waals surface area (Å²) in [6, 6.07) is 7.93. The third-order valence-electron chi connectivity index (χ3n) is 3.26. The molecule has 3 rings (SSSR count). The molecule has 0 radical (unpaired) electrons. The lowest BCUT2D eigenvalue weighted by Gasteiger charge is -2.14. The molecule has 0 saturated carbocycles. The Labute approximate surface area is 150 Å². The zero-order valence-electron chi connectivity index (χ0n) is 12.4. The minimum Gasteiger partial charge on any atom is -0.493 e. The summed E-state index contributed by atoms with van der Waals surface area (Å²) in [7, 11) is 1.50. The number of nitrogens with zero attached hydrogens (tertiary/aromatic N) is 3. The first kappa shape index (κ1) is 16.7. The Bertz CT molecular complexity index is 841. The normalized spacial score (nSPS) is 10.7. The molecule has 0 amide bonds. The first-order chi connectivity index (χ1) is 11.6. The average molecular weight is 414 g/mol. The molecule has 0 unspecified atom stereocenters. The third kappa shape index (κ3) is 3.34. The molecule has 1 N–H and O–H groups in total. The van der Waals surface area contributed by atoms with E-state index in [2.05, 4.69) is 36.6 Å². The predicted octanol–water partition coefficient (Wildman–Crippen LogP) is 4.01. The van der Waals surface area contributed by atoms with E-state index in [1.54, 1.807) is 18.2 Å². The summed E-state index contributed by atoms with van der Waals surface area (Å²) in [4.78, 5) is 0. The Kier molecular flexibility index (Phi) is 4.96. The van der Waals surface area contributed by atoms with Crippen molar-refractivity contribution in [1.29, 1.82) is 0 Å². The van der Waals surface area contributed by atoms with Crippen LogP contribution in [0.1, 0.15) is 5.56 Å². The largest absolute Gasteiger partial charge is 0.493 e. The number of halogens is 3. The van der Waals surface area contributed by atoms with Crippen LogP contribution in [-0.4, -0.2) is 27.7 Å². The fourth-order valence-corrected chi connectivity index (χ4v) is 2.86. The first-order valence-electron chi connectivity index (χ1n) is 6.77. The van der Waals surface area contributed by atoms with Gasteiger partial charge < -0.3 is 9.47 Å². The van der Waals surface area contributed by atoms with E-state index in [0.29, 0.717) is 32.4 Å². The highest BCUT2D eigenvalue weighted by molar-refractivity contribution is 9.10. The fraction of sp³-hybridized carbons (Fsp3) is 0.133. The highest BCUT2D eigenvalue weighted by Crippen LogP contribution is 2.39. The summed E-state index contributed by atoms with van der Waals surface area (Å²) in [5.74, 6) is 0.847. The van der Waals surface area contributed by atoms with Crippen LogP contribution in [0.3, 0.4) is 0 Å². The van der Waals surface area contributed by atoms with Crippen LogP contribution in [0.4, 0.5) is 4.39 Å². The number of hydrogen-bond acceptors (Lipinski definition) is 5. The van der Waals surface area contributed by atoms with E-state index in [9.17, 15) is 4.39 Å². The number of H-pyrrole nitrogens is 1. The highest BCUT2D eigenvalue weighted by Gasteiger charge is 2.16. The molecule has 0 saturated heterocycles. The Morgan fingerprint density at radius 2 is 2.17 bits per heavy atom.